The van der Waals surface area contributed by atoms with Crippen LogP contribution < -0.4 is 14.9 Å². The molecule has 1 aromatic heterocycles. The maximum Gasteiger partial charge on any atom is 0.200 e. The zero-order valence-corrected chi connectivity index (χ0v) is 18.6. The van der Waals surface area contributed by atoms with Crippen molar-refractivity contribution < 1.29 is 13.9 Å². The number of para-hydroxylation sites is 1. The summed E-state index contributed by atoms with van der Waals surface area (Å²) < 4.78 is 17.7. The normalized spacial score (nSPS) is 11.1. The van der Waals surface area contributed by atoms with Gasteiger partial charge in [0.2, 0.25) is 5.43 Å². The first-order valence-corrected chi connectivity index (χ1v) is 10.9. The lowest BCUT2D eigenvalue weighted by atomic mass is 10.0. The van der Waals surface area contributed by atoms with Gasteiger partial charge in [0, 0.05) is 12.0 Å². The summed E-state index contributed by atoms with van der Waals surface area (Å²) in [6.45, 7) is 2.39. The van der Waals surface area contributed by atoms with E-state index in [1.54, 1.807) is 13.2 Å². The number of hydrogen-bond donors (Lipinski definition) is 0. The molecule has 5 rings (SSSR count). The minimum Gasteiger partial charge on any atom is -0.497 e. The second-order valence-corrected chi connectivity index (χ2v) is 8.09. The van der Waals surface area contributed by atoms with Crippen LogP contribution in [0, 0.1) is 6.92 Å². The van der Waals surface area contributed by atoms with Gasteiger partial charge in [-0.25, -0.2) is 0 Å². The summed E-state index contributed by atoms with van der Waals surface area (Å²) in [6, 6.07) is 27.3. The summed E-state index contributed by atoms with van der Waals surface area (Å²) in [5.74, 6) is 1.52. The molecule has 5 aromatic rings. The predicted molar refractivity (Wildman–Crippen MR) is 131 cm³/mol. The van der Waals surface area contributed by atoms with Crippen molar-refractivity contribution >= 4 is 21.9 Å². The fourth-order valence-electron chi connectivity index (χ4n) is 4.11. The largest absolute Gasteiger partial charge is 0.497 e. The van der Waals surface area contributed by atoms with Crippen molar-refractivity contribution in [1.82, 2.24) is 0 Å². The number of aryl methyl sites for hydroxylation is 1. The quantitative estimate of drug-likeness (QED) is 0.288. The minimum absolute atomic E-state index is 0.0273. The SMILES string of the molecule is COc1ccc(Cc2cccc3c(=O)c4ccc(OCc5ccccc5)c(C)c4oc23)cc1. The standard InChI is InChI=1S/C29H24O4/c1-19-26(32-18-21-7-4-3-5-8-21)16-15-25-27(30)24-10-6-9-22(29(24)33-28(19)25)17-20-11-13-23(31-2)14-12-20/h3-16H,17-18H2,1-2H3. The van der Waals surface area contributed by atoms with Crippen LogP contribution in [-0.2, 0) is 13.0 Å². The third-order valence-electron chi connectivity index (χ3n) is 5.94. The Kier molecular flexibility index (Phi) is 5.57. The highest BCUT2D eigenvalue weighted by molar-refractivity contribution is 5.93. The molecule has 0 N–H and O–H groups in total. The molecule has 164 valence electrons. The summed E-state index contributed by atoms with van der Waals surface area (Å²) in [5, 5.41) is 1.15. The Hall–Kier alpha value is -4.05. The summed E-state index contributed by atoms with van der Waals surface area (Å²) in [4.78, 5) is 13.3. The maximum absolute atomic E-state index is 13.3. The lowest BCUT2D eigenvalue weighted by molar-refractivity contribution is 0.304. The number of methoxy groups -OCH3 is 1. The maximum atomic E-state index is 13.3. The minimum atomic E-state index is -0.0273. The van der Waals surface area contributed by atoms with Gasteiger partial charge in [-0.1, -0.05) is 54.6 Å². The highest BCUT2D eigenvalue weighted by atomic mass is 16.5. The number of hydrogen-bond acceptors (Lipinski definition) is 4. The van der Waals surface area contributed by atoms with Crippen LogP contribution in [0.2, 0.25) is 0 Å². The molecule has 0 bridgehead atoms. The highest BCUT2D eigenvalue weighted by Gasteiger charge is 2.15. The van der Waals surface area contributed by atoms with Crippen molar-refractivity contribution in [2.24, 2.45) is 0 Å². The van der Waals surface area contributed by atoms with Crippen molar-refractivity contribution in [3.8, 4) is 11.5 Å². The Labute approximate surface area is 192 Å². The molecule has 1 heterocycles. The lowest BCUT2D eigenvalue weighted by Gasteiger charge is -2.13. The van der Waals surface area contributed by atoms with E-state index in [9.17, 15) is 4.79 Å². The lowest BCUT2D eigenvalue weighted by Crippen LogP contribution is -2.05. The number of fused-ring (bicyclic) bond motifs is 2. The second-order valence-electron chi connectivity index (χ2n) is 8.09. The van der Waals surface area contributed by atoms with E-state index in [1.807, 2.05) is 85.8 Å². The average Bonchev–Trinajstić information content (AvgIpc) is 2.86. The zero-order valence-electron chi connectivity index (χ0n) is 18.6. The fraction of sp³-hybridized carbons (Fsp3) is 0.138. The summed E-state index contributed by atoms with van der Waals surface area (Å²) >= 11 is 0. The Morgan fingerprint density at radius 1 is 0.758 bits per heavy atom. The fourth-order valence-corrected chi connectivity index (χ4v) is 4.11. The van der Waals surface area contributed by atoms with Crippen LogP contribution in [-0.4, -0.2) is 7.11 Å². The van der Waals surface area contributed by atoms with E-state index in [0.717, 1.165) is 28.0 Å². The molecular formula is C29H24O4. The molecule has 0 spiro atoms. The van der Waals surface area contributed by atoms with Gasteiger partial charge >= 0.3 is 0 Å². The summed E-state index contributed by atoms with van der Waals surface area (Å²) in [6.07, 6.45) is 0.652. The Morgan fingerprint density at radius 3 is 2.27 bits per heavy atom. The van der Waals surface area contributed by atoms with Crippen LogP contribution in [0.3, 0.4) is 0 Å². The van der Waals surface area contributed by atoms with Crippen LogP contribution >= 0.6 is 0 Å². The van der Waals surface area contributed by atoms with Crippen molar-refractivity contribution in [2.75, 3.05) is 7.11 Å². The van der Waals surface area contributed by atoms with Gasteiger partial charge in [-0.3, -0.25) is 4.79 Å². The zero-order chi connectivity index (χ0) is 22.8. The van der Waals surface area contributed by atoms with E-state index in [1.165, 1.54) is 0 Å². The van der Waals surface area contributed by atoms with E-state index < -0.39 is 0 Å². The van der Waals surface area contributed by atoms with Gasteiger partial charge < -0.3 is 13.9 Å². The molecule has 4 heteroatoms. The van der Waals surface area contributed by atoms with E-state index >= 15 is 0 Å². The van der Waals surface area contributed by atoms with Crippen LogP contribution in [0.25, 0.3) is 21.9 Å². The van der Waals surface area contributed by atoms with Crippen LogP contribution in [0.1, 0.15) is 22.3 Å². The first-order chi connectivity index (χ1) is 16.1. The third kappa shape index (κ3) is 4.08. The average molecular weight is 437 g/mol. The van der Waals surface area contributed by atoms with Gasteiger partial charge in [0.05, 0.1) is 17.9 Å². The Bertz CT molecular complexity index is 1480. The molecule has 0 atom stereocenters. The first-order valence-electron chi connectivity index (χ1n) is 10.9. The molecule has 4 nitrogen and oxygen atoms in total. The van der Waals surface area contributed by atoms with Crippen molar-refractivity contribution in [1.29, 1.82) is 0 Å². The molecule has 0 aliphatic carbocycles. The molecule has 0 fully saturated rings. The molecule has 33 heavy (non-hydrogen) atoms. The second kappa shape index (κ2) is 8.83. The van der Waals surface area contributed by atoms with Crippen molar-refractivity contribution in [3.05, 3.63) is 117 Å². The summed E-state index contributed by atoms with van der Waals surface area (Å²) in [7, 11) is 1.65. The molecular weight excluding hydrogens is 412 g/mol. The Morgan fingerprint density at radius 2 is 1.52 bits per heavy atom. The molecule has 0 radical (unpaired) electrons. The van der Waals surface area contributed by atoms with E-state index in [2.05, 4.69) is 0 Å². The van der Waals surface area contributed by atoms with Crippen LogP contribution in [0.4, 0.5) is 0 Å². The molecule has 0 amide bonds. The molecule has 4 aromatic carbocycles. The Balaban J connectivity index is 1.56. The topological polar surface area (TPSA) is 48.7 Å². The molecule has 0 saturated heterocycles. The molecule has 0 saturated carbocycles. The van der Waals surface area contributed by atoms with E-state index in [0.29, 0.717) is 40.7 Å². The monoisotopic (exact) mass is 436 g/mol. The molecule has 0 unspecified atom stereocenters. The third-order valence-corrected chi connectivity index (χ3v) is 5.94. The van der Waals surface area contributed by atoms with Gasteiger partial charge in [-0.05, 0) is 53.9 Å². The molecule has 0 aliphatic rings. The number of benzene rings is 4. The van der Waals surface area contributed by atoms with E-state index in [-0.39, 0.29) is 5.43 Å². The van der Waals surface area contributed by atoms with Gasteiger partial charge in [0.15, 0.2) is 0 Å². The number of ether oxygens (including phenoxy) is 2. The number of rotatable bonds is 6. The van der Waals surface area contributed by atoms with Crippen LogP contribution in [0.5, 0.6) is 11.5 Å². The van der Waals surface area contributed by atoms with Crippen molar-refractivity contribution in [2.45, 2.75) is 20.0 Å². The highest BCUT2D eigenvalue weighted by Crippen LogP contribution is 2.30. The smallest absolute Gasteiger partial charge is 0.200 e. The first kappa shape index (κ1) is 20.8. The van der Waals surface area contributed by atoms with Gasteiger partial charge in [-0.15, -0.1) is 0 Å². The summed E-state index contributed by atoms with van der Waals surface area (Å²) in [5.41, 5.74) is 5.14. The van der Waals surface area contributed by atoms with Crippen molar-refractivity contribution in [3.63, 3.8) is 0 Å². The van der Waals surface area contributed by atoms with E-state index in [4.69, 9.17) is 13.9 Å². The predicted octanol–water partition coefficient (Wildman–Crippen LogP) is 6.43. The van der Waals surface area contributed by atoms with Gasteiger partial charge in [0.1, 0.15) is 29.3 Å². The van der Waals surface area contributed by atoms with Gasteiger partial charge in [-0.2, -0.15) is 0 Å². The molecule has 0 aliphatic heterocycles. The van der Waals surface area contributed by atoms with Gasteiger partial charge in [0.25, 0.3) is 0 Å². The van der Waals surface area contributed by atoms with Crippen LogP contribution in [0.15, 0.2) is 94.1 Å².